The van der Waals surface area contributed by atoms with Crippen LogP contribution in [0.4, 0.5) is 0 Å². The van der Waals surface area contributed by atoms with Gasteiger partial charge in [-0.25, -0.2) is 0 Å². The van der Waals surface area contributed by atoms with Gasteiger partial charge in [0, 0.05) is 18.8 Å². The molecule has 0 aromatic heterocycles. The molecular weight excluding hydrogens is 288 g/mol. The van der Waals surface area contributed by atoms with E-state index in [1.807, 2.05) is 27.9 Å². The molecule has 0 unspecified atom stereocenters. The summed E-state index contributed by atoms with van der Waals surface area (Å²) in [5.74, 6) is -1.54. The lowest BCUT2D eigenvalue weighted by atomic mass is 10.0. The molecule has 7 heteroatoms. The summed E-state index contributed by atoms with van der Waals surface area (Å²) < 4.78 is 0. The number of amides is 2. The minimum Gasteiger partial charge on any atom is -0.309 e. The smallest absolute Gasteiger partial charge is 0.247 e. The summed E-state index contributed by atoms with van der Waals surface area (Å²) in [7, 11) is 3.99. The highest BCUT2D eigenvalue weighted by Crippen LogP contribution is 2.14. The van der Waals surface area contributed by atoms with Gasteiger partial charge < -0.3 is 10.2 Å². The fourth-order valence-electron chi connectivity index (χ4n) is 2.00. The zero-order valence-corrected chi connectivity index (χ0v) is 13.9. The van der Waals surface area contributed by atoms with Gasteiger partial charge >= 0.3 is 0 Å². The van der Waals surface area contributed by atoms with Crippen molar-refractivity contribution in [2.24, 2.45) is 10.9 Å². The summed E-state index contributed by atoms with van der Waals surface area (Å²) >= 11 is 5.08. The molecule has 1 rings (SSSR count). The summed E-state index contributed by atoms with van der Waals surface area (Å²) in [6, 6.07) is -0.0322. The van der Waals surface area contributed by atoms with Crippen LogP contribution in [0.5, 0.6) is 0 Å². The third kappa shape index (κ3) is 4.86. The first-order valence-electron chi connectivity index (χ1n) is 7.21. The van der Waals surface area contributed by atoms with E-state index >= 15 is 0 Å². The molecule has 0 aromatic rings. The van der Waals surface area contributed by atoms with E-state index in [0.717, 1.165) is 19.4 Å². The maximum Gasteiger partial charge on any atom is 0.247 e. The molecule has 0 radical (unpaired) electrons. The number of aliphatic imine (C=N–C) groups is 1. The molecule has 1 heterocycles. The molecular formula is C14H24N4O2S. The third-order valence-electron chi connectivity index (χ3n) is 3.41. The maximum absolute atomic E-state index is 12.4. The van der Waals surface area contributed by atoms with E-state index in [-0.39, 0.29) is 23.0 Å². The molecule has 21 heavy (non-hydrogen) atoms. The minimum absolute atomic E-state index is 0.0322. The molecule has 1 aliphatic heterocycles. The van der Waals surface area contributed by atoms with E-state index in [2.05, 4.69) is 15.2 Å². The van der Waals surface area contributed by atoms with E-state index in [0.29, 0.717) is 6.54 Å². The normalized spacial score (nSPS) is 21.3. The van der Waals surface area contributed by atoms with Gasteiger partial charge in [-0.05, 0) is 52.6 Å². The molecule has 1 fully saturated rings. The molecule has 2 atom stereocenters. The molecule has 6 nitrogen and oxygen atoms in total. The van der Waals surface area contributed by atoms with Gasteiger partial charge in [-0.15, -0.1) is 0 Å². The standard InChI is InChI=1S/C14H24N4O2S/c1-5-10(2)18-13(20)11(12(19)16-14(18)21)9-15-7-6-8-17(3)4/h9-11H,5-8H2,1-4H3,(H,16,19,21)/t10-,11+/m1/s1. The average Bonchev–Trinajstić information content (AvgIpc) is 2.40. The lowest BCUT2D eigenvalue weighted by Crippen LogP contribution is -2.60. The zero-order chi connectivity index (χ0) is 16.0. The molecule has 0 saturated carbocycles. The second kappa shape index (κ2) is 8.19. The largest absolute Gasteiger partial charge is 0.309 e. The third-order valence-corrected chi connectivity index (χ3v) is 3.71. The Kier molecular flexibility index (Phi) is 6.91. The highest BCUT2D eigenvalue weighted by molar-refractivity contribution is 7.80. The Morgan fingerprint density at radius 2 is 2.14 bits per heavy atom. The number of carbonyl (C=O) groups is 2. The summed E-state index contributed by atoms with van der Waals surface area (Å²) in [5.41, 5.74) is 0. The summed E-state index contributed by atoms with van der Waals surface area (Å²) in [5, 5.41) is 2.77. The predicted octanol–water partition coefficient (Wildman–Crippen LogP) is 0.667. The number of hydrogen-bond acceptors (Lipinski definition) is 5. The van der Waals surface area contributed by atoms with Gasteiger partial charge in [0.25, 0.3) is 0 Å². The van der Waals surface area contributed by atoms with Crippen molar-refractivity contribution in [1.82, 2.24) is 15.1 Å². The SMILES string of the molecule is CC[C@@H](C)N1C(=O)[C@@H](C=NCCCN(C)C)C(=O)NC1=S. The Hall–Kier alpha value is -1.34. The summed E-state index contributed by atoms with van der Waals surface area (Å²) in [6.07, 6.45) is 3.11. The van der Waals surface area contributed by atoms with Crippen LogP contribution < -0.4 is 5.32 Å². The maximum atomic E-state index is 12.4. The molecule has 118 valence electrons. The van der Waals surface area contributed by atoms with Crippen LogP contribution in [0.2, 0.25) is 0 Å². The highest BCUT2D eigenvalue weighted by Gasteiger charge is 2.39. The molecule has 0 aliphatic carbocycles. The van der Waals surface area contributed by atoms with Crippen LogP contribution in [0.25, 0.3) is 0 Å². The van der Waals surface area contributed by atoms with Crippen molar-refractivity contribution in [3.63, 3.8) is 0 Å². The Balaban J connectivity index is 2.67. The van der Waals surface area contributed by atoms with Crippen molar-refractivity contribution in [2.75, 3.05) is 27.2 Å². The Labute approximate surface area is 131 Å². The van der Waals surface area contributed by atoms with Gasteiger partial charge in [0.15, 0.2) is 11.0 Å². The number of thiocarbonyl (C=S) groups is 1. The lowest BCUT2D eigenvalue weighted by molar-refractivity contribution is -0.139. The molecule has 0 bridgehead atoms. The van der Waals surface area contributed by atoms with Gasteiger partial charge in [-0.1, -0.05) is 6.92 Å². The van der Waals surface area contributed by atoms with E-state index in [1.165, 1.54) is 11.1 Å². The first-order chi connectivity index (χ1) is 9.88. The number of nitrogens with one attached hydrogen (secondary N) is 1. The molecule has 1 aliphatic rings. The Bertz CT molecular complexity index is 437. The first-order valence-corrected chi connectivity index (χ1v) is 7.61. The van der Waals surface area contributed by atoms with Crippen molar-refractivity contribution >= 4 is 35.4 Å². The van der Waals surface area contributed by atoms with Crippen LogP contribution in [0.15, 0.2) is 4.99 Å². The molecule has 1 N–H and O–H groups in total. The van der Waals surface area contributed by atoms with Crippen molar-refractivity contribution in [3.05, 3.63) is 0 Å². The van der Waals surface area contributed by atoms with E-state index < -0.39 is 5.92 Å². The van der Waals surface area contributed by atoms with Crippen molar-refractivity contribution in [1.29, 1.82) is 0 Å². The van der Waals surface area contributed by atoms with E-state index in [9.17, 15) is 9.59 Å². The van der Waals surface area contributed by atoms with Crippen molar-refractivity contribution < 1.29 is 9.59 Å². The fraction of sp³-hybridized carbons (Fsp3) is 0.714. The molecule has 2 amide bonds. The minimum atomic E-state index is -0.870. The van der Waals surface area contributed by atoms with Crippen LogP contribution in [0.3, 0.4) is 0 Å². The second-order valence-corrected chi connectivity index (χ2v) is 5.84. The van der Waals surface area contributed by atoms with Gasteiger partial charge in [0.05, 0.1) is 0 Å². The summed E-state index contributed by atoms with van der Waals surface area (Å²) in [4.78, 5) is 32.0. The molecule has 0 spiro atoms. The number of carbonyl (C=O) groups excluding carboxylic acids is 2. The molecule has 0 aromatic carbocycles. The van der Waals surface area contributed by atoms with Crippen LogP contribution >= 0.6 is 12.2 Å². The monoisotopic (exact) mass is 312 g/mol. The van der Waals surface area contributed by atoms with E-state index in [1.54, 1.807) is 0 Å². The van der Waals surface area contributed by atoms with Gasteiger partial charge in [-0.2, -0.15) is 0 Å². The predicted molar refractivity (Wildman–Crippen MR) is 87.4 cm³/mol. The number of rotatable bonds is 7. The Morgan fingerprint density at radius 1 is 1.48 bits per heavy atom. The van der Waals surface area contributed by atoms with Crippen LogP contribution in [-0.4, -0.2) is 66.2 Å². The quantitative estimate of drug-likeness (QED) is 0.325. The second-order valence-electron chi connectivity index (χ2n) is 5.45. The van der Waals surface area contributed by atoms with Crippen LogP contribution in [-0.2, 0) is 9.59 Å². The lowest BCUT2D eigenvalue weighted by Gasteiger charge is -2.34. The fourth-order valence-corrected chi connectivity index (χ4v) is 2.37. The van der Waals surface area contributed by atoms with Crippen LogP contribution in [0, 0.1) is 5.92 Å². The topological polar surface area (TPSA) is 65.0 Å². The number of nitrogens with zero attached hydrogens (tertiary/aromatic N) is 3. The molecule has 1 saturated heterocycles. The van der Waals surface area contributed by atoms with Crippen LogP contribution in [0.1, 0.15) is 26.7 Å². The van der Waals surface area contributed by atoms with Gasteiger partial charge in [-0.3, -0.25) is 19.5 Å². The van der Waals surface area contributed by atoms with E-state index in [4.69, 9.17) is 12.2 Å². The average molecular weight is 312 g/mol. The first kappa shape index (κ1) is 17.7. The highest BCUT2D eigenvalue weighted by atomic mass is 32.1. The van der Waals surface area contributed by atoms with Gasteiger partial charge in [0.1, 0.15) is 0 Å². The Morgan fingerprint density at radius 3 is 2.71 bits per heavy atom. The van der Waals surface area contributed by atoms with Gasteiger partial charge in [0.2, 0.25) is 11.8 Å². The van der Waals surface area contributed by atoms with Crippen molar-refractivity contribution in [3.8, 4) is 0 Å². The number of hydrogen-bond donors (Lipinski definition) is 1. The zero-order valence-electron chi connectivity index (χ0n) is 13.1. The van der Waals surface area contributed by atoms with Crippen molar-refractivity contribution in [2.45, 2.75) is 32.7 Å². The summed E-state index contributed by atoms with van der Waals surface area (Å²) in [6.45, 7) is 5.41.